The van der Waals surface area contributed by atoms with Crippen LogP contribution in [0.1, 0.15) is 23.1 Å². The Morgan fingerprint density at radius 2 is 1.75 bits per heavy atom. The Balaban J connectivity index is 1.83. The molecule has 7 heteroatoms. The zero-order chi connectivity index (χ0) is 17.7. The topological polar surface area (TPSA) is 89.3 Å². The molecule has 3 N–H and O–H groups in total. The molecule has 1 amide bonds. The van der Waals surface area contributed by atoms with Gasteiger partial charge in [0.25, 0.3) is 0 Å². The SMILES string of the molecule is Cc1cc(CNC(=O)CCc2ccc(S(N)(=O)=O)cc2)ccc1F. The van der Waals surface area contributed by atoms with Gasteiger partial charge in [-0.3, -0.25) is 4.79 Å². The van der Waals surface area contributed by atoms with Crippen LogP contribution in [0.25, 0.3) is 0 Å². The van der Waals surface area contributed by atoms with Crippen molar-refractivity contribution in [3.05, 3.63) is 65.0 Å². The second-order valence-corrected chi connectivity index (χ2v) is 7.11. The molecule has 24 heavy (non-hydrogen) atoms. The van der Waals surface area contributed by atoms with Crippen molar-refractivity contribution < 1.29 is 17.6 Å². The summed E-state index contributed by atoms with van der Waals surface area (Å²) < 4.78 is 35.5. The van der Waals surface area contributed by atoms with Gasteiger partial charge in [0.2, 0.25) is 15.9 Å². The van der Waals surface area contributed by atoms with Crippen LogP contribution in [0.3, 0.4) is 0 Å². The van der Waals surface area contributed by atoms with Crippen LogP contribution in [0.5, 0.6) is 0 Å². The maximum atomic E-state index is 13.2. The summed E-state index contributed by atoms with van der Waals surface area (Å²) in [5.41, 5.74) is 2.21. The number of carbonyl (C=O) groups excluding carboxylic acids is 1. The summed E-state index contributed by atoms with van der Waals surface area (Å²) in [6, 6.07) is 10.8. The second kappa shape index (κ2) is 7.55. The Bertz CT molecular complexity index is 833. The van der Waals surface area contributed by atoms with Crippen molar-refractivity contribution in [2.75, 3.05) is 0 Å². The predicted octanol–water partition coefficient (Wildman–Crippen LogP) is 2.03. The molecule has 128 valence electrons. The minimum atomic E-state index is -3.70. The standard InChI is InChI=1S/C17H19FN2O3S/c1-12-10-14(4-8-16(12)18)11-20-17(21)9-5-13-2-6-15(7-3-13)24(19,22)23/h2-4,6-8,10H,5,9,11H2,1H3,(H,20,21)(H2,19,22,23). The lowest BCUT2D eigenvalue weighted by atomic mass is 10.1. The van der Waals surface area contributed by atoms with Crippen LogP contribution < -0.4 is 10.5 Å². The summed E-state index contributed by atoms with van der Waals surface area (Å²) in [4.78, 5) is 11.9. The fourth-order valence-electron chi connectivity index (χ4n) is 2.21. The number of hydrogen-bond donors (Lipinski definition) is 2. The first-order valence-corrected chi connectivity index (χ1v) is 8.94. The third-order valence-corrected chi connectivity index (χ3v) is 4.53. The van der Waals surface area contributed by atoms with Crippen LogP contribution in [0, 0.1) is 12.7 Å². The molecule has 2 rings (SSSR count). The molecule has 2 aromatic rings. The van der Waals surface area contributed by atoms with E-state index in [1.165, 1.54) is 18.2 Å². The summed E-state index contributed by atoms with van der Waals surface area (Å²) >= 11 is 0. The lowest BCUT2D eigenvalue weighted by Gasteiger charge is -2.07. The van der Waals surface area contributed by atoms with Gasteiger partial charge < -0.3 is 5.32 Å². The van der Waals surface area contributed by atoms with Crippen molar-refractivity contribution in [1.29, 1.82) is 0 Å². The molecule has 0 unspecified atom stereocenters. The number of carbonyl (C=O) groups is 1. The minimum Gasteiger partial charge on any atom is -0.352 e. The number of halogens is 1. The number of nitrogens with one attached hydrogen (secondary N) is 1. The van der Waals surface area contributed by atoms with E-state index in [9.17, 15) is 17.6 Å². The Morgan fingerprint density at radius 3 is 2.33 bits per heavy atom. The van der Waals surface area contributed by atoms with Crippen molar-refractivity contribution in [1.82, 2.24) is 5.32 Å². The molecule has 0 aliphatic heterocycles. The molecule has 0 bridgehead atoms. The van der Waals surface area contributed by atoms with Gasteiger partial charge in [-0.15, -0.1) is 0 Å². The highest BCUT2D eigenvalue weighted by atomic mass is 32.2. The highest BCUT2D eigenvalue weighted by Crippen LogP contribution is 2.11. The van der Waals surface area contributed by atoms with Crippen LogP contribution in [-0.4, -0.2) is 14.3 Å². The molecule has 0 saturated heterocycles. The summed E-state index contributed by atoms with van der Waals surface area (Å²) in [6.45, 7) is 2.01. The molecule has 0 aromatic heterocycles. The molecule has 0 radical (unpaired) electrons. The molecule has 2 aromatic carbocycles. The first-order chi connectivity index (χ1) is 11.3. The average Bonchev–Trinajstić information content (AvgIpc) is 2.53. The monoisotopic (exact) mass is 350 g/mol. The van der Waals surface area contributed by atoms with Crippen LogP contribution >= 0.6 is 0 Å². The molecule has 0 aliphatic carbocycles. The number of primary sulfonamides is 1. The van der Waals surface area contributed by atoms with Gasteiger partial charge in [0.05, 0.1) is 4.90 Å². The van der Waals surface area contributed by atoms with Crippen LogP contribution in [0.2, 0.25) is 0 Å². The highest BCUT2D eigenvalue weighted by molar-refractivity contribution is 7.89. The Kier molecular flexibility index (Phi) is 5.69. The first kappa shape index (κ1) is 18.1. The van der Waals surface area contributed by atoms with Crippen LogP contribution in [0.15, 0.2) is 47.4 Å². The van der Waals surface area contributed by atoms with Crippen molar-refractivity contribution in [3.63, 3.8) is 0 Å². The van der Waals surface area contributed by atoms with Gasteiger partial charge in [-0.2, -0.15) is 0 Å². The number of nitrogens with two attached hydrogens (primary N) is 1. The van der Waals surface area contributed by atoms with E-state index in [1.807, 2.05) is 0 Å². The Hall–Kier alpha value is -2.25. The molecule has 0 saturated carbocycles. The Labute approximate surface area is 140 Å². The third-order valence-electron chi connectivity index (χ3n) is 3.60. The average molecular weight is 350 g/mol. The third kappa shape index (κ3) is 5.14. The maximum absolute atomic E-state index is 13.2. The van der Waals surface area contributed by atoms with Crippen molar-refractivity contribution in [2.24, 2.45) is 5.14 Å². The van der Waals surface area contributed by atoms with Gasteiger partial charge in [0, 0.05) is 13.0 Å². The van der Waals surface area contributed by atoms with Gasteiger partial charge in [0.1, 0.15) is 5.82 Å². The summed E-state index contributed by atoms with van der Waals surface area (Å²) in [7, 11) is -3.70. The lowest BCUT2D eigenvalue weighted by Crippen LogP contribution is -2.23. The highest BCUT2D eigenvalue weighted by Gasteiger charge is 2.08. The van der Waals surface area contributed by atoms with Gasteiger partial charge in [0.15, 0.2) is 0 Å². The van der Waals surface area contributed by atoms with E-state index in [2.05, 4.69) is 5.32 Å². The summed E-state index contributed by atoms with van der Waals surface area (Å²) in [5, 5.41) is 7.80. The van der Waals surface area contributed by atoms with Crippen molar-refractivity contribution >= 4 is 15.9 Å². The smallest absolute Gasteiger partial charge is 0.238 e. The minimum absolute atomic E-state index is 0.0439. The van der Waals surface area contributed by atoms with E-state index < -0.39 is 10.0 Å². The molecular weight excluding hydrogens is 331 g/mol. The van der Waals surface area contributed by atoms with Gasteiger partial charge in [-0.05, 0) is 48.2 Å². The van der Waals surface area contributed by atoms with Crippen LogP contribution in [-0.2, 0) is 27.8 Å². The molecule has 5 nitrogen and oxygen atoms in total. The van der Waals surface area contributed by atoms with Crippen molar-refractivity contribution in [3.8, 4) is 0 Å². The number of benzene rings is 2. The van der Waals surface area contributed by atoms with Gasteiger partial charge >= 0.3 is 0 Å². The first-order valence-electron chi connectivity index (χ1n) is 7.39. The number of hydrogen-bond acceptors (Lipinski definition) is 3. The van der Waals surface area contributed by atoms with E-state index in [0.29, 0.717) is 18.5 Å². The van der Waals surface area contributed by atoms with E-state index in [0.717, 1.165) is 11.1 Å². The Morgan fingerprint density at radius 1 is 1.12 bits per heavy atom. The molecular formula is C17H19FN2O3S. The fourth-order valence-corrected chi connectivity index (χ4v) is 2.72. The number of sulfonamides is 1. The summed E-state index contributed by atoms with van der Waals surface area (Å²) in [5.74, 6) is -0.402. The number of amides is 1. The zero-order valence-electron chi connectivity index (χ0n) is 13.3. The number of rotatable bonds is 6. The fraction of sp³-hybridized carbons (Fsp3) is 0.235. The maximum Gasteiger partial charge on any atom is 0.238 e. The quantitative estimate of drug-likeness (QED) is 0.835. The number of aryl methyl sites for hydroxylation is 2. The van der Waals surface area contributed by atoms with Crippen molar-refractivity contribution in [2.45, 2.75) is 31.2 Å². The summed E-state index contributed by atoms with van der Waals surface area (Å²) in [6.07, 6.45) is 0.758. The molecule has 0 spiro atoms. The van der Waals surface area contributed by atoms with Gasteiger partial charge in [-0.1, -0.05) is 24.3 Å². The van der Waals surface area contributed by atoms with Gasteiger partial charge in [-0.25, -0.2) is 17.9 Å². The zero-order valence-corrected chi connectivity index (χ0v) is 14.1. The lowest BCUT2D eigenvalue weighted by molar-refractivity contribution is -0.121. The molecule has 0 aliphatic rings. The normalized spacial score (nSPS) is 11.3. The molecule has 0 heterocycles. The van der Waals surface area contributed by atoms with Crippen LogP contribution in [0.4, 0.5) is 4.39 Å². The predicted molar refractivity (Wildman–Crippen MR) is 89.1 cm³/mol. The largest absolute Gasteiger partial charge is 0.352 e. The molecule has 0 fully saturated rings. The molecule has 0 atom stereocenters. The van der Waals surface area contributed by atoms with E-state index in [1.54, 1.807) is 31.2 Å². The van der Waals surface area contributed by atoms with E-state index >= 15 is 0 Å². The second-order valence-electron chi connectivity index (χ2n) is 5.55. The van der Waals surface area contributed by atoms with E-state index in [4.69, 9.17) is 5.14 Å². The van der Waals surface area contributed by atoms with E-state index in [-0.39, 0.29) is 23.0 Å².